The van der Waals surface area contributed by atoms with Gasteiger partial charge in [-0.15, -0.1) is 12.4 Å². The summed E-state index contributed by atoms with van der Waals surface area (Å²) in [4.78, 5) is 15.2. The van der Waals surface area contributed by atoms with Crippen LogP contribution in [-0.2, 0) is 14.8 Å². The van der Waals surface area contributed by atoms with Gasteiger partial charge in [0.2, 0.25) is 15.9 Å². The van der Waals surface area contributed by atoms with E-state index in [0.29, 0.717) is 37.2 Å². The van der Waals surface area contributed by atoms with Crippen LogP contribution in [0.3, 0.4) is 0 Å². The molecule has 0 aromatic heterocycles. The molecule has 2 heterocycles. The first-order valence-electron chi connectivity index (χ1n) is 12.1. The Morgan fingerprint density at radius 3 is 2.23 bits per heavy atom. The molecular weight excluding hydrogens is 509 g/mol. The van der Waals surface area contributed by atoms with Crippen molar-refractivity contribution >= 4 is 50.7 Å². The van der Waals surface area contributed by atoms with Gasteiger partial charge in [-0.3, -0.25) is 20.7 Å². The highest BCUT2D eigenvalue weighted by molar-refractivity contribution is 7.89. The molecule has 0 atom stereocenters. The molecule has 3 N–H and O–H groups in total. The third kappa shape index (κ3) is 5.93. The number of carbonyl (C=O) groups excluding carboxylic acids is 1. The van der Waals surface area contributed by atoms with E-state index in [1.54, 1.807) is 24.3 Å². The third-order valence-electron chi connectivity index (χ3n) is 7.26. The first-order chi connectivity index (χ1) is 16.4. The van der Waals surface area contributed by atoms with Crippen molar-refractivity contribution in [3.05, 3.63) is 41.4 Å². The van der Waals surface area contributed by atoms with Crippen molar-refractivity contribution in [2.75, 3.05) is 39.3 Å². The fourth-order valence-corrected chi connectivity index (χ4v) is 6.92. The van der Waals surface area contributed by atoms with Crippen LogP contribution in [0.4, 0.5) is 0 Å². The molecule has 192 valence electrons. The molecule has 2 aromatic rings. The van der Waals surface area contributed by atoms with E-state index in [1.807, 2.05) is 17.0 Å². The van der Waals surface area contributed by atoms with Gasteiger partial charge in [0.1, 0.15) is 6.29 Å². The predicted molar refractivity (Wildman–Crippen MR) is 140 cm³/mol. The monoisotopic (exact) mass is 541 g/mol. The van der Waals surface area contributed by atoms with Crippen LogP contribution in [0.25, 0.3) is 10.8 Å². The van der Waals surface area contributed by atoms with Crippen molar-refractivity contribution in [1.29, 1.82) is 0 Å². The largest absolute Gasteiger partial charge is 0.340 e. The number of nitrogens with zero attached hydrogens (tertiary/aromatic N) is 2. The number of benzene rings is 2. The van der Waals surface area contributed by atoms with Crippen molar-refractivity contribution in [3.8, 4) is 0 Å². The van der Waals surface area contributed by atoms with Gasteiger partial charge in [0.25, 0.3) is 0 Å². The zero-order valence-corrected chi connectivity index (χ0v) is 22.0. The standard InChI is InChI=1S/C24H32ClN5O3S.ClH/c25-20-5-1-19-16-22(8-4-18(19)15-20)34(32,33)30-13-11-29(12-14-30)23(31)17-2-6-21(7-3-17)28-24-26-9-10-27-24;/h1,4-5,8,15-17,21,24,26-28H,2-3,6-7,9-14H2;1H/t17-,21-;. The number of rotatable bonds is 5. The first-order valence-corrected chi connectivity index (χ1v) is 13.9. The van der Waals surface area contributed by atoms with Gasteiger partial charge in [0.05, 0.1) is 4.90 Å². The molecule has 0 spiro atoms. The second-order valence-corrected chi connectivity index (χ2v) is 11.8. The van der Waals surface area contributed by atoms with Crippen molar-refractivity contribution < 1.29 is 13.2 Å². The van der Waals surface area contributed by atoms with Gasteiger partial charge in [0, 0.05) is 56.3 Å². The minimum absolute atomic E-state index is 0. The minimum atomic E-state index is -3.61. The van der Waals surface area contributed by atoms with Crippen LogP contribution in [0.1, 0.15) is 25.7 Å². The molecule has 3 fully saturated rings. The van der Waals surface area contributed by atoms with Crippen LogP contribution >= 0.6 is 24.0 Å². The molecule has 2 aromatic carbocycles. The lowest BCUT2D eigenvalue weighted by molar-refractivity contribution is -0.137. The predicted octanol–water partition coefficient (Wildman–Crippen LogP) is 2.37. The average molecular weight is 543 g/mol. The van der Waals surface area contributed by atoms with E-state index in [1.165, 1.54) is 4.31 Å². The number of sulfonamides is 1. The van der Waals surface area contributed by atoms with Crippen molar-refractivity contribution in [1.82, 2.24) is 25.2 Å². The van der Waals surface area contributed by atoms with Crippen molar-refractivity contribution in [2.45, 2.75) is 42.9 Å². The molecule has 1 amide bonds. The first kappa shape index (κ1) is 26.6. The van der Waals surface area contributed by atoms with Gasteiger partial charge >= 0.3 is 0 Å². The van der Waals surface area contributed by atoms with Gasteiger partial charge in [-0.05, 0) is 60.7 Å². The molecule has 3 aliphatic rings. The molecule has 11 heteroatoms. The fourth-order valence-electron chi connectivity index (χ4n) is 5.28. The van der Waals surface area contributed by atoms with Crippen LogP contribution in [0, 0.1) is 5.92 Å². The Bertz CT molecular complexity index is 1140. The summed E-state index contributed by atoms with van der Waals surface area (Å²) in [7, 11) is -3.61. The van der Waals surface area contributed by atoms with Crippen LogP contribution in [0.5, 0.6) is 0 Å². The molecule has 5 rings (SSSR count). The van der Waals surface area contributed by atoms with Crippen LogP contribution < -0.4 is 16.0 Å². The summed E-state index contributed by atoms with van der Waals surface area (Å²) in [5, 5.41) is 12.7. The highest BCUT2D eigenvalue weighted by Gasteiger charge is 2.34. The lowest BCUT2D eigenvalue weighted by Gasteiger charge is -2.37. The molecule has 0 bridgehead atoms. The van der Waals surface area contributed by atoms with E-state index >= 15 is 0 Å². The van der Waals surface area contributed by atoms with E-state index in [4.69, 9.17) is 11.6 Å². The molecule has 2 saturated heterocycles. The number of amides is 1. The van der Waals surface area contributed by atoms with Crippen LogP contribution in [0.2, 0.25) is 5.02 Å². The number of hydrogen-bond acceptors (Lipinski definition) is 6. The highest BCUT2D eigenvalue weighted by Crippen LogP contribution is 2.28. The summed E-state index contributed by atoms with van der Waals surface area (Å²) >= 11 is 6.04. The maximum absolute atomic E-state index is 13.2. The lowest BCUT2D eigenvalue weighted by atomic mass is 9.85. The fraction of sp³-hybridized carbons (Fsp3) is 0.542. The van der Waals surface area contributed by atoms with Gasteiger partial charge < -0.3 is 4.90 Å². The Balaban J connectivity index is 0.00000289. The average Bonchev–Trinajstić information content (AvgIpc) is 3.37. The summed E-state index contributed by atoms with van der Waals surface area (Å²) < 4.78 is 28.0. The van der Waals surface area contributed by atoms with E-state index in [0.717, 1.165) is 49.5 Å². The normalized spacial score (nSPS) is 24.4. The molecule has 2 aliphatic heterocycles. The second-order valence-electron chi connectivity index (χ2n) is 9.44. The number of carbonyl (C=O) groups is 1. The smallest absolute Gasteiger partial charge is 0.243 e. The number of fused-ring (bicyclic) bond motifs is 1. The molecular formula is C24H33Cl2N5O3S. The minimum Gasteiger partial charge on any atom is -0.340 e. The number of hydrogen-bond donors (Lipinski definition) is 3. The second kappa shape index (κ2) is 11.3. The molecule has 0 unspecified atom stereocenters. The van der Waals surface area contributed by atoms with Crippen molar-refractivity contribution in [3.63, 3.8) is 0 Å². The zero-order valence-electron chi connectivity index (χ0n) is 19.6. The topological polar surface area (TPSA) is 93.8 Å². The summed E-state index contributed by atoms with van der Waals surface area (Å²) in [6.45, 7) is 3.47. The highest BCUT2D eigenvalue weighted by atomic mass is 35.5. The van der Waals surface area contributed by atoms with Crippen LogP contribution in [0.15, 0.2) is 41.3 Å². The third-order valence-corrected chi connectivity index (χ3v) is 9.39. The Kier molecular flexibility index (Phi) is 8.58. The maximum atomic E-state index is 13.2. The Morgan fingerprint density at radius 2 is 1.54 bits per heavy atom. The molecule has 35 heavy (non-hydrogen) atoms. The molecule has 1 saturated carbocycles. The SMILES string of the molecule is Cl.O=C([C@H]1CC[C@H](NC2NCCN2)CC1)N1CCN(S(=O)(=O)c2ccc3cc(Cl)ccc3c2)CC1. The number of piperazine rings is 1. The van der Waals surface area contributed by atoms with Gasteiger partial charge in [0.15, 0.2) is 0 Å². The maximum Gasteiger partial charge on any atom is 0.243 e. The van der Waals surface area contributed by atoms with Crippen LogP contribution in [-0.4, -0.2) is 75.1 Å². The van der Waals surface area contributed by atoms with Gasteiger partial charge in [-0.1, -0.05) is 23.7 Å². The van der Waals surface area contributed by atoms with E-state index in [-0.39, 0.29) is 35.4 Å². The zero-order chi connectivity index (χ0) is 23.7. The van der Waals surface area contributed by atoms with Crippen molar-refractivity contribution in [2.24, 2.45) is 5.92 Å². The summed E-state index contributed by atoms with van der Waals surface area (Å²) in [5.74, 6) is 0.216. The molecule has 8 nitrogen and oxygen atoms in total. The Morgan fingerprint density at radius 1 is 0.914 bits per heavy atom. The van der Waals surface area contributed by atoms with E-state index in [9.17, 15) is 13.2 Å². The number of nitrogens with one attached hydrogen (secondary N) is 3. The lowest BCUT2D eigenvalue weighted by Crippen LogP contribution is -2.53. The Labute approximate surface area is 218 Å². The van der Waals surface area contributed by atoms with E-state index in [2.05, 4.69) is 16.0 Å². The molecule has 0 radical (unpaired) electrons. The number of halogens is 2. The quantitative estimate of drug-likeness (QED) is 0.538. The van der Waals surface area contributed by atoms with Gasteiger partial charge in [-0.25, -0.2) is 8.42 Å². The Hall–Kier alpha value is -1.46. The molecule has 1 aliphatic carbocycles. The van der Waals surface area contributed by atoms with Gasteiger partial charge in [-0.2, -0.15) is 4.31 Å². The summed E-state index contributed by atoms with van der Waals surface area (Å²) in [6, 6.07) is 11.0. The summed E-state index contributed by atoms with van der Waals surface area (Å²) in [6.07, 6.45) is 3.90. The van der Waals surface area contributed by atoms with E-state index < -0.39 is 10.0 Å². The summed E-state index contributed by atoms with van der Waals surface area (Å²) in [5.41, 5.74) is 0.